The number of thioether (sulfide) groups is 1. The molecule has 1 saturated heterocycles. The smallest absolute Gasteiger partial charge is 0.245 e. The van der Waals surface area contributed by atoms with Crippen molar-refractivity contribution in [3.8, 4) is 0 Å². The molecule has 0 aliphatic carbocycles. The van der Waals surface area contributed by atoms with Crippen molar-refractivity contribution in [2.24, 2.45) is 0 Å². The van der Waals surface area contributed by atoms with E-state index in [4.69, 9.17) is 0 Å². The molecule has 2 atom stereocenters. The van der Waals surface area contributed by atoms with Gasteiger partial charge >= 0.3 is 0 Å². The Labute approximate surface area is 107 Å². The van der Waals surface area contributed by atoms with Crippen molar-refractivity contribution in [2.45, 2.75) is 19.1 Å². The van der Waals surface area contributed by atoms with Crippen LogP contribution in [0.3, 0.4) is 0 Å². The topological polar surface area (TPSA) is 32.3 Å². The first-order chi connectivity index (χ1) is 8.24. The second kappa shape index (κ2) is 5.56. The molecule has 3 nitrogen and oxygen atoms in total. The molecule has 17 heavy (non-hydrogen) atoms. The van der Waals surface area contributed by atoms with E-state index in [2.05, 4.69) is 11.6 Å². The fourth-order valence-corrected chi connectivity index (χ4v) is 2.52. The van der Waals surface area contributed by atoms with Crippen LogP contribution in [0.4, 0.5) is 0 Å². The molecule has 1 amide bonds. The Balaban J connectivity index is 2.10. The van der Waals surface area contributed by atoms with Gasteiger partial charge in [-0.1, -0.05) is 30.3 Å². The number of amides is 1. The highest BCUT2D eigenvalue weighted by molar-refractivity contribution is 7.98. The van der Waals surface area contributed by atoms with E-state index in [9.17, 15) is 4.79 Å². The summed E-state index contributed by atoms with van der Waals surface area (Å²) in [5.74, 6) is 1.18. The zero-order chi connectivity index (χ0) is 12.3. The number of carbonyl (C=O) groups excluding carboxylic acids is 1. The van der Waals surface area contributed by atoms with Crippen LogP contribution < -0.4 is 5.32 Å². The van der Waals surface area contributed by atoms with Crippen LogP contribution in [0.25, 0.3) is 0 Å². The van der Waals surface area contributed by atoms with E-state index in [1.54, 1.807) is 11.8 Å². The van der Waals surface area contributed by atoms with Crippen molar-refractivity contribution in [1.29, 1.82) is 0 Å². The molecule has 0 spiro atoms. The van der Waals surface area contributed by atoms with Crippen LogP contribution in [-0.2, 0) is 4.79 Å². The maximum Gasteiger partial charge on any atom is 0.245 e. The van der Waals surface area contributed by atoms with E-state index < -0.39 is 0 Å². The molecule has 1 N–H and O–H groups in total. The maximum absolute atomic E-state index is 12.3. The summed E-state index contributed by atoms with van der Waals surface area (Å²) in [6.07, 6.45) is 2.19. The minimum atomic E-state index is -0.173. The Bertz CT molecular complexity index is 382. The second-order valence-corrected chi connectivity index (χ2v) is 5.20. The van der Waals surface area contributed by atoms with Gasteiger partial charge in [-0.15, -0.1) is 0 Å². The van der Waals surface area contributed by atoms with Gasteiger partial charge in [0.1, 0.15) is 6.04 Å². The second-order valence-electron chi connectivity index (χ2n) is 4.21. The molecular formula is C13H18N2OS. The molecule has 1 heterocycles. The summed E-state index contributed by atoms with van der Waals surface area (Å²) in [5, 5.41) is 3.35. The first kappa shape index (κ1) is 12.5. The first-order valence-corrected chi connectivity index (χ1v) is 7.24. The standard InChI is InChI=1S/C13H18N2OS/c1-10-14-12(11-6-4-3-5-7-11)13(16)15(10)8-9-17-2/h3-7,10,12,14H,8-9H2,1-2H3. The van der Waals surface area contributed by atoms with Crippen molar-refractivity contribution in [3.63, 3.8) is 0 Å². The first-order valence-electron chi connectivity index (χ1n) is 5.84. The van der Waals surface area contributed by atoms with Gasteiger partial charge in [0.25, 0.3) is 0 Å². The quantitative estimate of drug-likeness (QED) is 0.885. The maximum atomic E-state index is 12.3. The van der Waals surface area contributed by atoms with Crippen LogP contribution >= 0.6 is 11.8 Å². The molecular weight excluding hydrogens is 232 g/mol. The van der Waals surface area contributed by atoms with E-state index in [1.807, 2.05) is 42.2 Å². The minimum Gasteiger partial charge on any atom is -0.325 e. The molecule has 1 aromatic rings. The van der Waals surface area contributed by atoms with Gasteiger partial charge in [0.15, 0.2) is 0 Å². The van der Waals surface area contributed by atoms with Gasteiger partial charge in [0, 0.05) is 12.3 Å². The Morgan fingerprint density at radius 2 is 2.06 bits per heavy atom. The van der Waals surface area contributed by atoms with E-state index in [1.165, 1.54) is 0 Å². The van der Waals surface area contributed by atoms with Crippen LogP contribution in [0, 0.1) is 0 Å². The average molecular weight is 250 g/mol. The number of hydrogen-bond acceptors (Lipinski definition) is 3. The number of carbonyl (C=O) groups is 1. The zero-order valence-corrected chi connectivity index (χ0v) is 11.0. The normalized spacial score (nSPS) is 24.4. The molecule has 92 valence electrons. The van der Waals surface area contributed by atoms with Crippen LogP contribution in [0.2, 0.25) is 0 Å². The molecule has 4 heteroatoms. The van der Waals surface area contributed by atoms with E-state index in [-0.39, 0.29) is 18.1 Å². The van der Waals surface area contributed by atoms with Crippen LogP contribution in [0.1, 0.15) is 18.5 Å². The summed E-state index contributed by atoms with van der Waals surface area (Å²) in [7, 11) is 0. The average Bonchev–Trinajstić information content (AvgIpc) is 2.64. The lowest BCUT2D eigenvalue weighted by molar-refractivity contribution is -0.129. The van der Waals surface area contributed by atoms with Crippen LogP contribution in [0.15, 0.2) is 30.3 Å². The number of benzene rings is 1. The molecule has 1 aliphatic heterocycles. The van der Waals surface area contributed by atoms with E-state index in [0.717, 1.165) is 17.9 Å². The molecule has 1 fully saturated rings. The Morgan fingerprint density at radius 1 is 1.35 bits per heavy atom. The lowest BCUT2D eigenvalue weighted by Crippen LogP contribution is -2.36. The predicted octanol–water partition coefficient (Wildman–Crippen LogP) is 1.87. The van der Waals surface area contributed by atoms with Gasteiger partial charge in [-0.3, -0.25) is 10.1 Å². The van der Waals surface area contributed by atoms with Crippen molar-refractivity contribution in [1.82, 2.24) is 10.2 Å². The molecule has 2 rings (SSSR count). The Kier molecular flexibility index (Phi) is 4.07. The van der Waals surface area contributed by atoms with Gasteiger partial charge in [-0.05, 0) is 18.7 Å². The number of rotatable bonds is 4. The lowest BCUT2D eigenvalue weighted by atomic mass is 10.1. The fraction of sp³-hybridized carbons (Fsp3) is 0.462. The van der Waals surface area contributed by atoms with Crippen molar-refractivity contribution in [2.75, 3.05) is 18.6 Å². The Hall–Kier alpha value is -1.00. The third-order valence-electron chi connectivity index (χ3n) is 3.07. The molecule has 0 radical (unpaired) electrons. The van der Waals surface area contributed by atoms with Crippen molar-refractivity contribution < 1.29 is 4.79 Å². The Morgan fingerprint density at radius 3 is 2.71 bits per heavy atom. The molecule has 2 unspecified atom stereocenters. The SMILES string of the molecule is CSCCN1C(=O)C(c2ccccc2)NC1C. The molecule has 1 aliphatic rings. The number of hydrogen-bond donors (Lipinski definition) is 1. The summed E-state index contributed by atoms with van der Waals surface area (Å²) in [6.45, 7) is 2.86. The summed E-state index contributed by atoms with van der Waals surface area (Å²) < 4.78 is 0. The van der Waals surface area contributed by atoms with Gasteiger partial charge in [0.05, 0.1) is 6.17 Å². The fourth-order valence-electron chi connectivity index (χ4n) is 2.14. The zero-order valence-electron chi connectivity index (χ0n) is 10.2. The predicted molar refractivity (Wildman–Crippen MR) is 71.9 cm³/mol. The lowest BCUT2D eigenvalue weighted by Gasteiger charge is -2.19. The summed E-state index contributed by atoms with van der Waals surface area (Å²) >= 11 is 1.77. The summed E-state index contributed by atoms with van der Waals surface area (Å²) in [4.78, 5) is 14.2. The van der Waals surface area contributed by atoms with Gasteiger partial charge in [-0.2, -0.15) is 11.8 Å². The highest BCUT2D eigenvalue weighted by atomic mass is 32.2. The number of nitrogens with one attached hydrogen (secondary N) is 1. The minimum absolute atomic E-state index is 0.125. The van der Waals surface area contributed by atoms with Crippen molar-refractivity contribution in [3.05, 3.63) is 35.9 Å². The summed E-state index contributed by atoms with van der Waals surface area (Å²) in [5.41, 5.74) is 1.05. The molecule has 0 saturated carbocycles. The summed E-state index contributed by atoms with van der Waals surface area (Å²) in [6, 6.07) is 9.74. The third-order valence-corrected chi connectivity index (χ3v) is 3.67. The molecule has 1 aromatic carbocycles. The monoisotopic (exact) mass is 250 g/mol. The van der Waals surface area contributed by atoms with Crippen molar-refractivity contribution >= 4 is 17.7 Å². The van der Waals surface area contributed by atoms with E-state index >= 15 is 0 Å². The number of nitrogens with zero attached hydrogens (tertiary/aromatic N) is 1. The largest absolute Gasteiger partial charge is 0.325 e. The van der Waals surface area contributed by atoms with Crippen LogP contribution in [-0.4, -0.2) is 35.5 Å². The van der Waals surface area contributed by atoms with Gasteiger partial charge in [0.2, 0.25) is 5.91 Å². The highest BCUT2D eigenvalue weighted by Gasteiger charge is 2.36. The highest BCUT2D eigenvalue weighted by Crippen LogP contribution is 2.23. The molecule has 0 bridgehead atoms. The van der Waals surface area contributed by atoms with Crippen LogP contribution in [0.5, 0.6) is 0 Å². The van der Waals surface area contributed by atoms with Gasteiger partial charge in [-0.25, -0.2) is 0 Å². The van der Waals surface area contributed by atoms with Gasteiger partial charge < -0.3 is 4.90 Å². The molecule has 0 aromatic heterocycles. The third kappa shape index (κ3) is 2.64. The van der Waals surface area contributed by atoms with E-state index in [0.29, 0.717) is 0 Å².